The highest BCUT2D eigenvalue weighted by Gasteiger charge is 2.27. The van der Waals surface area contributed by atoms with Crippen molar-refractivity contribution >= 4 is 29.3 Å². The van der Waals surface area contributed by atoms with Gasteiger partial charge in [-0.3, -0.25) is 0 Å². The van der Waals surface area contributed by atoms with Crippen molar-refractivity contribution in [1.82, 2.24) is 19.9 Å². The molecule has 2 N–H and O–H groups in total. The van der Waals surface area contributed by atoms with Gasteiger partial charge in [0.15, 0.2) is 6.73 Å². The lowest BCUT2D eigenvalue weighted by Crippen LogP contribution is -2.47. The number of aliphatic imine (C=N–C) groups is 2. The van der Waals surface area contributed by atoms with Crippen molar-refractivity contribution in [2.45, 2.75) is 32.6 Å². The lowest BCUT2D eigenvalue weighted by Gasteiger charge is -2.33. The molecule has 0 spiro atoms. The Labute approximate surface area is 205 Å². The molecule has 5 rings (SSSR count). The Hall–Kier alpha value is -3.59. The number of amidine groups is 1. The van der Waals surface area contributed by atoms with Crippen LogP contribution in [0.4, 0.5) is 5.88 Å². The van der Waals surface area contributed by atoms with Gasteiger partial charge in [-0.25, -0.2) is 9.98 Å². The standard InChI is InChI=1S/C26H33N7O2/c1-17-13-20-18(2)23(8-7-21(20)29-17)34-16-28-25(33-11-9-32(4)10-12-33)15-24(27-3)30-26-14-22(31-35-26)19-5-6-19/h7-8,13-15,19,29-30H,3,5-6,9-12,16H2,1-2,4H3/b24-15+,28-25+. The fourth-order valence-corrected chi connectivity index (χ4v) is 4.35. The van der Waals surface area contributed by atoms with Crippen LogP contribution in [0.15, 0.2) is 50.7 Å². The Morgan fingerprint density at radius 2 is 2.06 bits per heavy atom. The lowest BCUT2D eigenvalue weighted by molar-refractivity contribution is 0.214. The number of nitrogens with zero attached hydrogens (tertiary/aromatic N) is 5. The number of nitrogens with one attached hydrogen (secondary N) is 2. The Morgan fingerprint density at radius 3 is 2.80 bits per heavy atom. The van der Waals surface area contributed by atoms with E-state index in [4.69, 9.17) is 14.3 Å². The number of likely N-dealkylation sites (N-methyl/N-ethyl adjacent to an activating group) is 1. The molecule has 1 aliphatic carbocycles. The Kier molecular flexibility index (Phi) is 6.59. The summed E-state index contributed by atoms with van der Waals surface area (Å²) in [5.41, 5.74) is 4.34. The number of hydrogen-bond acceptors (Lipinski definition) is 7. The van der Waals surface area contributed by atoms with E-state index in [9.17, 15) is 0 Å². The fraction of sp³-hybridized carbons (Fsp3) is 0.423. The van der Waals surface area contributed by atoms with Gasteiger partial charge in [-0.2, -0.15) is 0 Å². The zero-order valence-electron chi connectivity index (χ0n) is 20.7. The first-order valence-electron chi connectivity index (χ1n) is 12.1. The molecule has 1 aromatic carbocycles. The van der Waals surface area contributed by atoms with E-state index >= 15 is 0 Å². The molecule has 3 heterocycles. The van der Waals surface area contributed by atoms with Gasteiger partial charge in [0, 0.05) is 66.4 Å². The molecule has 2 aliphatic rings. The molecule has 2 aromatic heterocycles. The van der Waals surface area contributed by atoms with Crippen LogP contribution in [-0.2, 0) is 0 Å². The molecule has 9 nitrogen and oxygen atoms in total. The number of fused-ring (bicyclic) bond motifs is 1. The van der Waals surface area contributed by atoms with Crippen LogP contribution in [-0.4, -0.2) is 72.5 Å². The molecule has 35 heavy (non-hydrogen) atoms. The minimum atomic E-state index is 0.201. The third-order valence-corrected chi connectivity index (χ3v) is 6.64. The monoisotopic (exact) mass is 475 g/mol. The molecule has 2 fully saturated rings. The van der Waals surface area contributed by atoms with E-state index in [1.165, 1.54) is 18.2 Å². The first-order chi connectivity index (χ1) is 17.0. The summed E-state index contributed by atoms with van der Waals surface area (Å²) in [5.74, 6) is 3.27. The van der Waals surface area contributed by atoms with Gasteiger partial charge in [0.05, 0.1) is 5.69 Å². The largest absolute Gasteiger partial charge is 0.471 e. The molecular formula is C26H33N7O2. The van der Waals surface area contributed by atoms with Crippen molar-refractivity contribution < 1.29 is 9.26 Å². The van der Waals surface area contributed by atoms with E-state index < -0.39 is 0 Å². The van der Waals surface area contributed by atoms with Crippen LogP contribution in [0.1, 0.15) is 35.7 Å². The van der Waals surface area contributed by atoms with E-state index in [1.54, 1.807) is 0 Å². The molecule has 1 aliphatic heterocycles. The zero-order chi connectivity index (χ0) is 24.4. The van der Waals surface area contributed by atoms with Crippen LogP contribution >= 0.6 is 0 Å². The van der Waals surface area contributed by atoms with Gasteiger partial charge in [-0.15, -0.1) is 0 Å². The number of anilines is 1. The van der Waals surface area contributed by atoms with E-state index in [2.05, 4.69) is 63.9 Å². The number of ether oxygens (including phenoxy) is 1. The lowest BCUT2D eigenvalue weighted by atomic mass is 10.1. The number of H-pyrrole nitrogens is 1. The minimum Gasteiger partial charge on any atom is -0.471 e. The van der Waals surface area contributed by atoms with Gasteiger partial charge in [0.2, 0.25) is 5.88 Å². The molecule has 3 aromatic rings. The average molecular weight is 476 g/mol. The zero-order valence-corrected chi connectivity index (χ0v) is 20.7. The SMILES string of the molecule is C=N/C(=C\C(=N/COc1ccc2[nH]c(C)cc2c1C)N1CCN(C)CC1)Nc1cc(C2CC2)no1. The predicted octanol–water partition coefficient (Wildman–Crippen LogP) is 4.29. The highest BCUT2D eigenvalue weighted by molar-refractivity contribution is 5.94. The molecule has 0 amide bonds. The number of benzene rings is 1. The summed E-state index contributed by atoms with van der Waals surface area (Å²) < 4.78 is 11.6. The van der Waals surface area contributed by atoms with E-state index in [0.717, 1.165) is 60.2 Å². The number of aromatic amines is 1. The normalized spacial score (nSPS) is 17.7. The van der Waals surface area contributed by atoms with E-state index in [0.29, 0.717) is 17.6 Å². The highest BCUT2D eigenvalue weighted by Crippen LogP contribution is 2.40. The maximum Gasteiger partial charge on any atom is 0.230 e. The molecule has 1 saturated carbocycles. The number of rotatable bonds is 8. The Balaban J connectivity index is 1.34. The van der Waals surface area contributed by atoms with Crippen LogP contribution in [0, 0.1) is 13.8 Å². The minimum absolute atomic E-state index is 0.201. The average Bonchev–Trinajstić information content (AvgIpc) is 3.47. The third-order valence-electron chi connectivity index (χ3n) is 6.64. The molecular weight excluding hydrogens is 442 g/mol. The van der Waals surface area contributed by atoms with Crippen LogP contribution in [0.25, 0.3) is 10.9 Å². The number of hydrogen-bond donors (Lipinski definition) is 2. The molecule has 0 bridgehead atoms. The summed E-state index contributed by atoms with van der Waals surface area (Å²) in [6.07, 6.45) is 4.24. The summed E-state index contributed by atoms with van der Waals surface area (Å²) in [7, 11) is 2.13. The number of aromatic nitrogens is 2. The summed E-state index contributed by atoms with van der Waals surface area (Å²) >= 11 is 0. The molecule has 0 atom stereocenters. The second-order valence-corrected chi connectivity index (χ2v) is 9.39. The van der Waals surface area contributed by atoms with E-state index in [1.807, 2.05) is 24.3 Å². The van der Waals surface area contributed by atoms with Crippen molar-refractivity contribution in [1.29, 1.82) is 0 Å². The van der Waals surface area contributed by atoms with Gasteiger partial charge in [0.1, 0.15) is 17.4 Å². The van der Waals surface area contributed by atoms with Crippen LogP contribution in [0.3, 0.4) is 0 Å². The third kappa shape index (κ3) is 5.40. The van der Waals surface area contributed by atoms with Crippen molar-refractivity contribution in [3.63, 3.8) is 0 Å². The number of aryl methyl sites for hydroxylation is 2. The van der Waals surface area contributed by atoms with Crippen LogP contribution < -0.4 is 10.1 Å². The molecule has 0 radical (unpaired) electrons. The van der Waals surface area contributed by atoms with Crippen molar-refractivity contribution in [2.75, 3.05) is 45.3 Å². The molecule has 184 valence electrons. The highest BCUT2D eigenvalue weighted by atomic mass is 16.5. The van der Waals surface area contributed by atoms with Crippen molar-refractivity contribution in [3.8, 4) is 5.75 Å². The fourth-order valence-electron chi connectivity index (χ4n) is 4.35. The first-order valence-corrected chi connectivity index (χ1v) is 12.1. The predicted molar refractivity (Wildman–Crippen MR) is 140 cm³/mol. The smallest absolute Gasteiger partial charge is 0.230 e. The summed E-state index contributed by atoms with van der Waals surface area (Å²) in [5, 5.41) is 8.52. The van der Waals surface area contributed by atoms with Gasteiger partial charge in [0.25, 0.3) is 0 Å². The topological polar surface area (TPSA) is 94.3 Å². The quantitative estimate of drug-likeness (QED) is 0.373. The van der Waals surface area contributed by atoms with Crippen molar-refractivity contribution in [2.24, 2.45) is 9.98 Å². The maximum absolute atomic E-state index is 6.10. The van der Waals surface area contributed by atoms with E-state index in [-0.39, 0.29) is 6.73 Å². The Bertz CT molecular complexity index is 1260. The molecule has 0 unspecified atom stereocenters. The number of piperazine rings is 1. The summed E-state index contributed by atoms with van der Waals surface area (Å²) in [4.78, 5) is 16.9. The second-order valence-electron chi connectivity index (χ2n) is 9.39. The van der Waals surface area contributed by atoms with Crippen LogP contribution in [0.2, 0.25) is 0 Å². The van der Waals surface area contributed by atoms with Gasteiger partial charge in [-0.1, -0.05) is 5.16 Å². The maximum atomic E-state index is 6.10. The summed E-state index contributed by atoms with van der Waals surface area (Å²) in [6, 6.07) is 8.12. The van der Waals surface area contributed by atoms with Gasteiger partial charge in [-0.05, 0) is 58.7 Å². The van der Waals surface area contributed by atoms with Gasteiger partial charge >= 0.3 is 0 Å². The van der Waals surface area contributed by atoms with Crippen molar-refractivity contribution in [3.05, 3.63) is 53.1 Å². The van der Waals surface area contributed by atoms with Crippen LogP contribution in [0.5, 0.6) is 5.75 Å². The summed E-state index contributed by atoms with van der Waals surface area (Å²) in [6.45, 7) is 11.7. The second kappa shape index (κ2) is 9.95. The van der Waals surface area contributed by atoms with Gasteiger partial charge < -0.3 is 29.4 Å². The molecule has 9 heteroatoms. The Morgan fingerprint density at radius 1 is 1.26 bits per heavy atom. The first kappa shape index (κ1) is 23.2. The molecule has 1 saturated heterocycles.